The Bertz CT molecular complexity index is 738. The van der Waals surface area contributed by atoms with Crippen molar-refractivity contribution in [1.29, 1.82) is 0 Å². The molecular weight excluding hydrogens is 360 g/mol. The Balaban J connectivity index is 1.60. The topological polar surface area (TPSA) is 105 Å². The lowest BCUT2D eigenvalue weighted by Gasteiger charge is -2.42. The average molecular weight is 378 g/mol. The summed E-state index contributed by atoms with van der Waals surface area (Å²) in [5.74, 6) is -1.40. The van der Waals surface area contributed by atoms with Crippen LogP contribution in [0, 0.1) is 0 Å². The summed E-state index contributed by atoms with van der Waals surface area (Å²) in [6.45, 7) is 0.0305. The molecule has 8 nitrogen and oxygen atoms in total. The van der Waals surface area contributed by atoms with Crippen molar-refractivity contribution >= 4 is 29.5 Å². The van der Waals surface area contributed by atoms with E-state index in [1.807, 2.05) is 6.07 Å². The lowest BCUT2D eigenvalue weighted by molar-refractivity contribution is -0.158. The fraction of sp³-hybridized carbons (Fsp3) is 0.353. The number of methoxy groups -OCH3 is 1. The largest absolute Gasteiger partial charge is 0.484 e. The van der Waals surface area contributed by atoms with Gasteiger partial charge in [0.1, 0.15) is 17.2 Å². The van der Waals surface area contributed by atoms with Gasteiger partial charge in [-0.05, 0) is 18.2 Å². The maximum atomic E-state index is 12.3. The van der Waals surface area contributed by atoms with Crippen molar-refractivity contribution in [2.24, 2.45) is 0 Å². The van der Waals surface area contributed by atoms with Crippen molar-refractivity contribution in [3.05, 3.63) is 41.3 Å². The number of carboxylic acids is 1. The number of benzene rings is 1. The van der Waals surface area contributed by atoms with Gasteiger partial charge in [-0.2, -0.15) is 0 Å². The van der Waals surface area contributed by atoms with Gasteiger partial charge < -0.3 is 24.8 Å². The molecule has 3 atom stereocenters. The highest BCUT2D eigenvalue weighted by molar-refractivity contribution is 8.04. The first-order valence-corrected chi connectivity index (χ1v) is 8.78. The predicted molar refractivity (Wildman–Crippen MR) is 93.5 cm³/mol. The van der Waals surface area contributed by atoms with Crippen LogP contribution in [0.1, 0.15) is 0 Å². The lowest BCUT2D eigenvalue weighted by atomic mass is 10.0. The minimum atomic E-state index is -1.10. The zero-order valence-electron chi connectivity index (χ0n) is 14.0. The number of thioether (sulfide) groups is 1. The highest BCUT2D eigenvalue weighted by Gasteiger charge is 2.59. The molecule has 0 aliphatic carbocycles. The normalized spacial score (nSPS) is 25.6. The van der Waals surface area contributed by atoms with Crippen LogP contribution in [-0.2, 0) is 19.1 Å². The number of carbonyl (C=O) groups excluding carboxylic acids is 2. The number of β-lactam (4-membered cyclic amide) rings is 1. The number of nitrogens with one attached hydrogen (secondary N) is 1. The van der Waals surface area contributed by atoms with Crippen molar-refractivity contribution < 1.29 is 29.0 Å². The van der Waals surface area contributed by atoms with Crippen LogP contribution in [0.4, 0.5) is 0 Å². The zero-order valence-corrected chi connectivity index (χ0v) is 14.8. The minimum Gasteiger partial charge on any atom is -0.484 e. The molecule has 0 unspecified atom stereocenters. The van der Waals surface area contributed by atoms with Gasteiger partial charge in [0.2, 0.25) is 5.91 Å². The number of hydrogen-bond acceptors (Lipinski definition) is 6. The van der Waals surface area contributed by atoms with Crippen LogP contribution in [0.15, 0.2) is 41.3 Å². The molecule has 3 rings (SSSR count). The van der Waals surface area contributed by atoms with Gasteiger partial charge in [-0.3, -0.25) is 9.59 Å². The van der Waals surface area contributed by atoms with Crippen LogP contribution in [0.5, 0.6) is 5.75 Å². The maximum absolute atomic E-state index is 12.3. The van der Waals surface area contributed by atoms with Crippen LogP contribution in [0.25, 0.3) is 0 Å². The Morgan fingerprint density at radius 2 is 2.08 bits per heavy atom. The molecule has 0 aromatic heterocycles. The van der Waals surface area contributed by atoms with Gasteiger partial charge in [0, 0.05) is 12.0 Å². The summed E-state index contributed by atoms with van der Waals surface area (Å²) in [7, 11) is 1.50. The molecule has 0 spiro atoms. The molecule has 2 heterocycles. The standard InChI is InChI=1S/C17H18N2O6S/c1-24-8-7-11-14(17(22)23)19-15(21)13(16(19)26-11)18-12(20)9-25-10-5-3-2-4-6-10/h2-7,13-14,16H,8-9H2,1H3,(H,18,20)(H,22,23)/t13-,14+,16-/m1/s1. The van der Waals surface area contributed by atoms with E-state index in [1.54, 1.807) is 30.3 Å². The Morgan fingerprint density at radius 3 is 2.73 bits per heavy atom. The van der Waals surface area contributed by atoms with Crippen LogP contribution in [0.2, 0.25) is 0 Å². The summed E-state index contributed by atoms with van der Waals surface area (Å²) >= 11 is 1.25. The molecule has 1 aromatic rings. The zero-order chi connectivity index (χ0) is 18.7. The van der Waals surface area contributed by atoms with E-state index in [-0.39, 0.29) is 13.2 Å². The fourth-order valence-corrected chi connectivity index (χ4v) is 4.25. The van der Waals surface area contributed by atoms with Crippen molar-refractivity contribution in [1.82, 2.24) is 10.2 Å². The summed E-state index contributed by atoms with van der Waals surface area (Å²) in [6, 6.07) is 7.06. The quantitative estimate of drug-likeness (QED) is 0.664. The lowest BCUT2D eigenvalue weighted by Crippen LogP contribution is -2.70. The van der Waals surface area contributed by atoms with E-state index in [4.69, 9.17) is 9.47 Å². The highest BCUT2D eigenvalue weighted by atomic mass is 32.2. The number of amides is 2. The first-order valence-electron chi connectivity index (χ1n) is 7.90. The van der Waals surface area contributed by atoms with Gasteiger partial charge in [-0.25, -0.2) is 4.79 Å². The molecule has 0 saturated carbocycles. The van der Waals surface area contributed by atoms with Crippen molar-refractivity contribution in [2.45, 2.75) is 17.5 Å². The van der Waals surface area contributed by atoms with Crippen molar-refractivity contribution in [3.63, 3.8) is 0 Å². The first-order chi connectivity index (χ1) is 12.5. The molecule has 1 aromatic carbocycles. The molecule has 2 saturated heterocycles. The molecule has 2 N–H and O–H groups in total. The van der Waals surface area contributed by atoms with Gasteiger partial charge >= 0.3 is 5.97 Å². The third-order valence-corrected chi connectivity index (χ3v) is 5.40. The summed E-state index contributed by atoms with van der Waals surface area (Å²) in [6.07, 6.45) is 1.65. The number of fused-ring (bicyclic) bond motifs is 1. The molecule has 9 heteroatoms. The molecule has 0 radical (unpaired) electrons. The van der Waals surface area contributed by atoms with E-state index in [1.165, 1.54) is 23.8 Å². The minimum absolute atomic E-state index is 0.222. The van der Waals surface area contributed by atoms with Crippen LogP contribution < -0.4 is 10.1 Å². The second-order valence-electron chi connectivity index (χ2n) is 5.70. The second kappa shape index (κ2) is 7.79. The number of rotatable bonds is 7. The van der Waals surface area contributed by atoms with E-state index in [0.29, 0.717) is 10.7 Å². The number of para-hydroxylation sites is 1. The Labute approximate surface area is 154 Å². The summed E-state index contributed by atoms with van der Waals surface area (Å²) in [4.78, 5) is 37.7. The molecule has 138 valence electrons. The molecule has 26 heavy (non-hydrogen) atoms. The SMILES string of the molecule is COCC=C1S[C@@H]2[C@H](NC(=O)COc3ccccc3)C(=O)N2[C@@H]1C(=O)O. The number of carboxylic acid groups (broad SMARTS) is 1. The van der Waals surface area contributed by atoms with E-state index >= 15 is 0 Å². The van der Waals surface area contributed by atoms with E-state index < -0.39 is 35.2 Å². The molecule has 2 amide bonds. The average Bonchev–Trinajstić information content (AvgIpc) is 2.99. The number of aliphatic carboxylic acids is 1. The van der Waals surface area contributed by atoms with Gasteiger partial charge in [0.05, 0.1) is 6.61 Å². The molecule has 2 fully saturated rings. The van der Waals surface area contributed by atoms with E-state index in [2.05, 4.69) is 5.32 Å². The first kappa shape index (κ1) is 18.3. The van der Waals surface area contributed by atoms with Crippen LogP contribution in [0.3, 0.4) is 0 Å². The van der Waals surface area contributed by atoms with Crippen molar-refractivity contribution in [3.8, 4) is 5.75 Å². The Hall–Kier alpha value is -2.52. The van der Waals surface area contributed by atoms with Gasteiger partial charge in [-0.1, -0.05) is 18.2 Å². The molecule has 0 bridgehead atoms. The number of nitrogens with zero attached hydrogens (tertiary/aromatic N) is 1. The van der Waals surface area contributed by atoms with Gasteiger partial charge in [0.15, 0.2) is 12.6 Å². The number of ether oxygens (including phenoxy) is 2. The highest BCUT2D eigenvalue weighted by Crippen LogP contribution is 2.46. The summed E-state index contributed by atoms with van der Waals surface area (Å²) in [5, 5.41) is 11.6. The Kier molecular flexibility index (Phi) is 5.48. The second-order valence-corrected chi connectivity index (χ2v) is 6.89. The summed E-state index contributed by atoms with van der Waals surface area (Å²) in [5.41, 5.74) is 0. The Morgan fingerprint density at radius 1 is 1.35 bits per heavy atom. The van der Waals surface area contributed by atoms with Crippen LogP contribution in [-0.4, -0.2) is 65.6 Å². The fourth-order valence-electron chi connectivity index (χ4n) is 2.81. The molecular formula is C17H18N2O6S. The number of carbonyl (C=O) groups is 3. The third kappa shape index (κ3) is 3.54. The molecule has 2 aliphatic rings. The third-order valence-electron chi connectivity index (χ3n) is 4.00. The van der Waals surface area contributed by atoms with Crippen molar-refractivity contribution in [2.75, 3.05) is 20.3 Å². The summed E-state index contributed by atoms with van der Waals surface area (Å²) < 4.78 is 10.3. The predicted octanol–water partition coefficient (Wildman–Crippen LogP) is 0.449. The number of hydrogen-bond donors (Lipinski definition) is 2. The van der Waals surface area contributed by atoms with Gasteiger partial charge in [0.25, 0.3) is 5.91 Å². The molecule has 2 aliphatic heterocycles. The smallest absolute Gasteiger partial charge is 0.331 e. The van der Waals surface area contributed by atoms with Crippen LogP contribution >= 0.6 is 11.8 Å². The van der Waals surface area contributed by atoms with E-state index in [9.17, 15) is 19.5 Å². The van der Waals surface area contributed by atoms with Gasteiger partial charge in [-0.15, -0.1) is 11.8 Å². The van der Waals surface area contributed by atoms with E-state index in [0.717, 1.165) is 0 Å². The maximum Gasteiger partial charge on any atom is 0.331 e. The monoisotopic (exact) mass is 378 g/mol.